The second-order valence-electron chi connectivity index (χ2n) is 4.24. The molecule has 0 bridgehead atoms. The maximum Gasteiger partial charge on any atom is 0.316 e. The normalized spacial score (nSPS) is 14.7. The fourth-order valence-electron chi connectivity index (χ4n) is 1.28. The number of benzene rings is 1. The van der Waals surface area contributed by atoms with E-state index in [1.54, 1.807) is 18.2 Å². The molecular formula is C12H16O6S. The standard InChI is InChI=1S/C12H16O6S/c1-12(8-13,11(14)17-2)9-18-19(15,16)10-6-4-3-5-7-10/h3-7,13H,8-9H2,1-2H3/t12-/m1/s1. The van der Waals surface area contributed by atoms with Crippen molar-refractivity contribution in [1.29, 1.82) is 0 Å². The van der Waals surface area contributed by atoms with Gasteiger partial charge < -0.3 is 9.84 Å². The summed E-state index contributed by atoms with van der Waals surface area (Å²) in [5.41, 5.74) is -1.42. The summed E-state index contributed by atoms with van der Waals surface area (Å²) in [5, 5.41) is 9.18. The van der Waals surface area contributed by atoms with Gasteiger partial charge in [0.15, 0.2) is 0 Å². The van der Waals surface area contributed by atoms with Crippen molar-refractivity contribution in [3.8, 4) is 0 Å². The molecule has 1 aromatic rings. The molecule has 106 valence electrons. The van der Waals surface area contributed by atoms with Crippen LogP contribution in [0.4, 0.5) is 0 Å². The number of methoxy groups -OCH3 is 1. The molecule has 1 rings (SSSR count). The van der Waals surface area contributed by atoms with Gasteiger partial charge in [-0.05, 0) is 19.1 Å². The van der Waals surface area contributed by atoms with Crippen molar-refractivity contribution in [2.24, 2.45) is 5.41 Å². The lowest BCUT2D eigenvalue weighted by molar-refractivity contribution is -0.156. The lowest BCUT2D eigenvalue weighted by Gasteiger charge is -2.23. The zero-order chi connectivity index (χ0) is 14.5. The van der Waals surface area contributed by atoms with Gasteiger partial charge >= 0.3 is 5.97 Å². The topological polar surface area (TPSA) is 89.9 Å². The number of aliphatic hydroxyl groups is 1. The largest absolute Gasteiger partial charge is 0.468 e. The van der Waals surface area contributed by atoms with E-state index in [1.807, 2.05) is 0 Å². The van der Waals surface area contributed by atoms with Crippen molar-refractivity contribution >= 4 is 16.1 Å². The lowest BCUT2D eigenvalue weighted by Crippen LogP contribution is -2.38. The van der Waals surface area contributed by atoms with E-state index in [1.165, 1.54) is 19.1 Å². The van der Waals surface area contributed by atoms with Crippen molar-refractivity contribution in [3.05, 3.63) is 30.3 Å². The summed E-state index contributed by atoms with van der Waals surface area (Å²) in [6, 6.07) is 7.54. The molecular weight excluding hydrogens is 272 g/mol. The Morgan fingerprint density at radius 2 is 1.89 bits per heavy atom. The number of aliphatic hydroxyl groups excluding tert-OH is 1. The number of ether oxygens (including phenoxy) is 1. The SMILES string of the molecule is COC(=O)[C@](C)(CO)COS(=O)(=O)c1ccccc1. The summed E-state index contributed by atoms with van der Waals surface area (Å²) in [5.74, 6) is -0.738. The minimum Gasteiger partial charge on any atom is -0.468 e. The van der Waals surface area contributed by atoms with Crippen LogP contribution in [-0.2, 0) is 23.8 Å². The molecule has 0 saturated carbocycles. The minimum absolute atomic E-state index is 0.0137. The van der Waals surface area contributed by atoms with Crippen LogP contribution in [-0.4, -0.2) is 39.8 Å². The lowest BCUT2D eigenvalue weighted by atomic mass is 9.93. The predicted molar refractivity (Wildman–Crippen MR) is 66.8 cm³/mol. The molecule has 0 aromatic heterocycles. The van der Waals surface area contributed by atoms with E-state index in [4.69, 9.17) is 4.18 Å². The molecule has 7 heteroatoms. The van der Waals surface area contributed by atoms with E-state index in [2.05, 4.69) is 4.74 Å². The Morgan fingerprint density at radius 1 is 1.32 bits per heavy atom. The van der Waals surface area contributed by atoms with Crippen LogP contribution in [0, 0.1) is 5.41 Å². The third kappa shape index (κ3) is 3.76. The van der Waals surface area contributed by atoms with E-state index in [0.29, 0.717) is 0 Å². The third-order valence-corrected chi connectivity index (χ3v) is 3.87. The summed E-state index contributed by atoms with van der Waals surface area (Å²) < 4.78 is 33.0. The highest BCUT2D eigenvalue weighted by atomic mass is 32.2. The van der Waals surface area contributed by atoms with Crippen molar-refractivity contribution in [2.45, 2.75) is 11.8 Å². The van der Waals surface area contributed by atoms with E-state index in [9.17, 15) is 18.3 Å². The molecule has 1 atom stereocenters. The van der Waals surface area contributed by atoms with Crippen molar-refractivity contribution in [1.82, 2.24) is 0 Å². The quantitative estimate of drug-likeness (QED) is 0.608. The Kier molecular flexibility index (Phi) is 5.04. The van der Waals surface area contributed by atoms with Gasteiger partial charge in [0.2, 0.25) is 0 Å². The Morgan fingerprint density at radius 3 is 2.37 bits per heavy atom. The molecule has 0 saturated heterocycles. The Labute approximate surface area is 112 Å². The van der Waals surface area contributed by atoms with Gasteiger partial charge in [0, 0.05) is 0 Å². The van der Waals surface area contributed by atoms with Crippen molar-refractivity contribution in [2.75, 3.05) is 20.3 Å². The average molecular weight is 288 g/mol. The van der Waals surface area contributed by atoms with Gasteiger partial charge in [-0.15, -0.1) is 0 Å². The highest BCUT2D eigenvalue weighted by molar-refractivity contribution is 7.86. The maximum atomic E-state index is 11.8. The Balaban J connectivity index is 2.84. The maximum absolute atomic E-state index is 11.8. The summed E-state index contributed by atoms with van der Waals surface area (Å²) in [6.45, 7) is 0.288. The second-order valence-corrected chi connectivity index (χ2v) is 5.86. The monoisotopic (exact) mass is 288 g/mol. The zero-order valence-electron chi connectivity index (χ0n) is 10.7. The molecule has 0 radical (unpaired) electrons. The summed E-state index contributed by atoms with van der Waals surface area (Å²) >= 11 is 0. The van der Waals surface area contributed by atoms with Gasteiger partial charge in [-0.2, -0.15) is 8.42 Å². The summed E-state index contributed by atoms with van der Waals surface area (Å²) in [4.78, 5) is 11.4. The minimum atomic E-state index is -3.96. The summed E-state index contributed by atoms with van der Waals surface area (Å²) in [7, 11) is -2.81. The molecule has 0 aliphatic carbocycles. The number of esters is 1. The van der Waals surface area contributed by atoms with Gasteiger partial charge in [-0.1, -0.05) is 18.2 Å². The Hall–Kier alpha value is -1.44. The van der Waals surface area contributed by atoms with Crippen LogP contribution in [0.1, 0.15) is 6.92 Å². The number of hydrogen-bond donors (Lipinski definition) is 1. The molecule has 0 fully saturated rings. The summed E-state index contributed by atoms with van der Waals surface area (Å²) in [6.07, 6.45) is 0. The van der Waals surface area contributed by atoms with Gasteiger partial charge in [0.1, 0.15) is 5.41 Å². The van der Waals surface area contributed by atoms with Crippen LogP contribution in [0.15, 0.2) is 35.2 Å². The van der Waals surface area contributed by atoms with Crippen LogP contribution in [0.5, 0.6) is 0 Å². The van der Waals surface area contributed by atoms with Crippen LogP contribution in [0.25, 0.3) is 0 Å². The predicted octanol–water partition coefficient (Wildman–Crippen LogP) is 0.563. The number of carbonyl (C=O) groups is 1. The van der Waals surface area contributed by atoms with Crippen molar-refractivity contribution in [3.63, 3.8) is 0 Å². The first-order chi connectivity index (χ1) is 8.85. The van der Waals surface area contributed by atoms with E-state index >= 15 is 0 Å². The molecule has 0 heterocycles. The van der Waals surface area contributed by atoms with E-state index in [0.717, 1.165) is 7.11 Å². The molecule has 0 unspecified atom stereocenters. The zero-order valence-corrected chi connectivity index (χ0v) is 11.5. The molecule has 0 aliphatic rings. The smallest absolute Gasteiger partial charge is 0.316 e. The fourth-order valence-corrected chi connectivity index (χ4v) is 2.32. The van der Waals surface area contributed by atoms with Crippen LogP contribution < -0.4 is 0 Å². The highest BCUT2D eigenvalue weighted by Crippen LogP contribution is 2.21. The first-order valence-corrected chi connectivity index (χ1v) is 6.90. The van der Waals surface area contributed by atoms with E-state index in [-0.39, 0.29) is 4.90 Å². The average Bonchev–Trinajstić information content (AvgIpc) is 2.45. The molecule has 0 amide bonds. The number of rotatable bonds is 6. The van der Waals surface area contributed by atoms with Gasteiger partial charge in [0.25, 0.3) is 10.1 Å². The molecule has 19 heavy (non-hydrogen) atoms. The van der Waals surface area contributed by atoms with Gasteiger partial charge in [0.05, 0.1) is 25.2 Å². The van der Waals surface area contributed by atoms with Gasteiger partial charge in [-0.25, -0.2) is 0 Å². The third-order valence-electron chi connectivity index (χ3n) is 2.59. The molecule has 1 N–H and O–H groups in total. The van der Waals surface area contributed by atoms with Crippen LogP contribution in [0.3, 0.4) is 0 Å². The molecule has 0 spiro atoms. The number of carbonyl (C=O) groups excluding carboxylic acids is 1. The first kappa shape index (κ1) is 15.6. The molecule has 0 aliphatic heterocycles. The fraction of sp³-hybridized carbons (Fsp3) is 0.417. The molecule has 1 aromatic carbocycles. The van der Waals surface area contributed by atoms with Crippen LogP contribution >= 0.6 is 0 Å². The van der Waals surface area contributed by atoms with E-state index < -0.39 is 34.7 Å². The highest BCUT2D eigenvalue weighted by Gasteiger charge is 2.36. The molecule has 6 nitrogen and oxygen atoms in total. The second kappa shape index (κ2) is 6.14. The van der Waals surface area contributed by atoms with Crippen LogP contribution in [0.2, 0.25) is 0 Å². The Bertz CT molecular complexity index is 524. The van der Waals surface area contributed by atoms with Gasteiger partial charge in [-0.3, -0.25) is 8.98 Å². The van der Waals surface area contributed by atoms with Crippen molar-refractivity contribution < 1.29 is 27.2 Å². The first-order valence-electron chi connectivity index (χ1n) is 5.49. The number of hydrogen-bond acceptors (Lipinski definition) is 6.